The van der Waals surface area contributed by atoms with Crippen LogP contribution in [0.5, 0.6) is 0 Å². The molecule has 0 aromatic heterocycles. The summed E-state index contributed by atoms with van der Waals surface area (Å²) in [6, 6.07) is 0. The Morgan fingerprint density at radius 1 is 0.269 bits per heavy atom. The molecule has 3 N–H and O–H groups in total. The van der Waals surface area contributed by atoms with Gasteiger partial charge in [0.05, 0.1) is 26.4 Å². The summed E-state index contributed by atoms with van der Waals surface area (Å²) in [4.78, 5) is 73.1. The highest BCUT2D eigenvalue weighted by atomic mass is 31.2. The van der Waals surface area contributed by atoms with Crippen molar-refractivity contribution in [1.29, 1.82) is 0 Å². The lowest BCUT2D eigenvalue weighted by Gasteiger charge is -2.21. The number of hydrogen-bond acceptors (Lipinski definition) is 15. The molecule has 0 saturated carbocycles. The van der Waals surface area contributed by atoms with Crippen molar-refractivity contribution in [2.24, 2.45) is 0 Å². The molecule has 19 heteroatoms. The number of carbonyl (C=O) groups is 4. The summed E-state index contributed by atoms with van der Waals surface area (Å²) in [5.74, 6) is -2.36. The maximum Gasteiger partial charge on any atom is 0.472 e. The zero-order chi connectivity index (χ0) is 78.9. The van der Waals surface area contributed by atoms with Gasteiger partial charge in [0, 0.05) is 25.7 Å². The summed E-state index contributed by atoms with van der Waals surface area (Å²) >= 11 is 0. The Hall–Kier alpha value is -6.36. The number of phosphoric acid groups is 2. The molecule has 0 aliphatic rings. The van der Waals surface area contributed by atoms with Gasteiger partial charge in [-0.1, -0.05) is 273 Å². The van der Waals surface area contributed by atoms with E-state index in [-0.39, 0.29) is 25.7 Å². The van der Waals surface area contributed by atoms with Crippen molar-refractivity contribution in [3.8, 4) is 0 Å². The van der Waals surface area contributed by atoms with Gasteiger partial charge in [-0.05, 0) is 180 Å². The molecule has 608 valence electrons. The van der Waals surface area contributed by atoms with E-state index in [0.29, 0.717) is 32.1 Å². The van der Waals surface area contributed by atoms with Crippen LogP contribution in [0.4, 0.5) is 0 Å². The van der Waals surface area contributed by atoms with E-state index in [9.17, 15) is 43.2 Å². The second-order valence-electron chi connectivity index (χ2n) is 25.9. The standard InChI is InChI=1S/C89H140O17P2/c1-5-9-13-17-21-25-29-33-36-39-41-44-47-51-54-58-62-66-70-74-87(92)100-80-85(106-89(94)76-72-68-64-60-56-52-48-45-42-40-37-34-30-26-22-18-14-10-6-2)82-104-108(97,98)102-78-83(90)77-101-107(95,96)103-81-84(105-88(93)75-71-67-63-59-55-49-32-28-24-20-16-12-8-4)79-99-86(91)73-69-65-61-57-53-50-46-43-38-35-31-27-23-19-15-11-7-3/h9-11,13-16,20-23,25-28,32-38,41-42,44-46,50-52,54,56-57,61,83-85,90H,5-8,12,17-19,24,29-31,39-40,43,47-49,53,55,58-60,62-82H2,1-4H3,(H,95,96)(H,97,98)/b13-9-,14-10-,15-11-,20-16-,25-21-,26-22-,27-23-,32-28-,36-33-,37-34-,38-35-,44-41-,45-42-,50-46-,54-51-,56-52-,61-57-. The Bertz CT molecular complexity index is 2860. The first-order chi connectivity index (χ1) is 52.7. The first-order valence-corrected chi connectivity index (χ1v) is 43.3. The van der Waals surface area contributed by atoms with E-state index < -0.39 is 97.5 Å². The van der Waals surface area contributed by atoms with Gasteiger partial charge in [-0.2, -0.15) is 0 Å². The molecule has 0 fully saturated rings. The Balaban J connectivity index is 5.52. The lowest BCUT2D eigenvalue weighted by atomic mass is 10.1. The van der Waals surface area contributed by atoms with Gasteiger partial charge in [0.15, 0.2) is 12.2 Å². The Kier molecular flexibility index (Phi) is 74.1. The quantitative estimate of drug-likeness (QED) is 0.0169. The number of esters is 4. The molecule has 0 amide bonds. The van der Waals surface area contributed by atoms with Gasteiger partial charge in [0.1, 0.15) is 19.3 Å². The average molecular weight is 1540 g/mol. The second-order valence-corrected chi connectivity index (χ2v) is 28.8. The predicted octanol–water partition coefficient (Wildman–Crippen LogP) is 23.9. The molecule has 0 aromatic carbocycles. The van der Waals surface area contributed by atoms with Crippen LogP contribution in [0.2, 0.25) is 0 Å². The lowest BCUT2D eigenvalue weighted by molar-refractivity contribution is -0.161. The van der Waals surface area contributed by atoms with Gasteiger partial charge >= 0.3 is 39.5 Å². The fourth-order valence-electron chi connectivity index (χ4n) is 9.70. The third-order valence-electron chi connectivity index (χ3n) is 15.7. The number of ether oxygens (including phenoxy) is 4. The first-order valence-electron chi connectivity index (χ1n) is 40.3. The Labute approximate surface area is 652 Å². The topological polar surface area (TPSA) is 237 Å². The molecule has 5 unspecified atom stereocenters. The van der Waals surface area contributed by atoms with Crippen molar-refractivity contribution < 1.29 is 80.2 Å². The molecule has 0 bridgehead atoms. The molecule has 0 spiro atoms. The van der Waals surface area contributed by atoms with Crippen molar-refractivity contribution in [3.05, 3.63) is 207 Å². The largest absolute Gasteiger partial charge is 0.472 e. The predicted molar refractivity (Wildman–Crippen MR) is 445 cm³/mol. The van der Waals surface area contributed by atoms with E-state index in [0.717, 1.165) is 186 Å². The number of allylic oxidation sites excluding steroid dienone is 34. The Morgan fingerprint density at radius 3 is 0.787 bits per heavy atom. The lowest BCUT2D eigenvalue weighted by Crippen LogP contribution is -2.30. The molecule has 17 nitrogen and oxygen atoms in total. The van der Waals surface area contributed by atoms with Crippen LogP contribution in [0.1, 0.15) is 272 Å². The van der Waals surface area contributed by atoms with Gasteiger partial charge in [-0.3, -0.25) is 37.3 Å². The molecule has 0 rings (SSSR count). The molecule has 0 aromatic rings. The maximum absolute atomic E-state index is 13.1. The van der Waals surface area contributed by atoms with Gasteiger partial charge < -0.3 is 33.8 Å². The van der Waals surface area contributed by atoms with E-state index in [1.54, 1.807) is 0 Å². The van der Waals surface area contributed by atoms with Crippen LogP contribution in [0.25, 0.3) is 0 Å². The number of hydrogen-bond donors (Lipinski definition) is 3. The van der Waals surface area contributed by atoms with Crippen LogP contribution in [0, 0.1) is 0 Å². The summed E-state index contributed by atoms with van der Waals surface area (Å²) in [5.41, 5.74) is 0. The van der Waals surface area contributed by atoms with Gasteiger partial charge in [0.2, 0.25) is 0 Å². The second kappa shape index (κ2) is 78.8. The summed E-state index contributed by atoms with van der Waals surface area (Å²) in [7, 11) is -10.0. The highest BCUT2D eigenvalue weighted by molar-refractivity contribution is 7.47. The summed E-state index contributed by atoms with van der Waals surface area (Å²) < 4.78 is 68.5. The fraction of sp³-hybridized carbons (Fsp3) is 0.573. The number of carbonyl (C=O) groups excluding carboxylic acids is 4. The van der Waals surface area contributed by atoms with E-state index in [1.165, 1.54) is 0 Å². The smallest absolute Gasteiger partial charge is 0.462 e. The third-order valence-corrected chi connectivity index (χ3v) is 17.6. The maximum atomic E-state index is 13.1. The van der Waals surface area contributed by atoms with E-state index in [1.807, 2.05) is 12.2 Å². The van der Waals surface area contributed by atoms with Gasteiger partial charge in [-0.25, -0.2) is 9.13 Å². The van der Waals surface area contributed by atoms with Crippen LogP contribution in [0.15, 0.2) is 207 Å². The molecule has 0 aliphatic carbocycles. The molecule has 108 heavy (non-hydrogen) atoms. The summed E-state index contributed by atoms with van der Waals surface area (Å²) in [6.07, 6.45) is 98.1. The van der Waals surface area contributed by atoms with Gasteiger partial charge in [0.25, 0.3) is 0 Å². The van der Waals surface area contributed by atoms with Crippen LogP contribution in [-0.2, 0) is 65.4 Å². The van der Waals surface area contributed by atoms with Crippen LogP contribution in [0.3, 0.4) is 0 Å². The van der Waals surface area contributed by atoms with Gasteiger partial charge in [-0.15, -0.1) is 0 Å². The minimum Gasteiger partial charge on any atom is -0.462 e. The van der Waals surface area contributed by atoms with E-state index >= 15 is 0 Å². The Morgan fingerprint density at radius 2 is 0.491 bits per heavy atom. The average Bonchev–Trinajstić information content (AvgIpc) is 0.892. The number of aliphatic hydroxyl groups is 1. The minimum absolute atomic E-state index is 0.0373. The molecule has 5 atom stereocenters. The molecular formula is C89H140O17P2. The normalized spacial score (nSPS) is 14.9. The highest BCUT2D eigenvalue weighted by Gasteiger charge is 2.30. The molecule has 0 heterocycles. The van der Waals surface area contributed by atoms with Crippen LogP contribution >= 0.6 is 15.6 Å². The SMILES string of the molecule is CC/C=C\C/C=C\C/C=C\C/C=C\C/C=C\CCCCCC(=O)OCC(COP(=O)(O)OCC(O)COP(=O)(O)OCC(COC(=O)CCC/C=C\C/C=C\C/C=C\C/C=C\C/C=C\CC)OC(=O)CCCCCCC/C=C\C/C=C\CCC)OC(=O)CCCCC/C=C\C/C=C\C/C=C\C/C=C\C/C=C\CC. The number of unbranched alkanes of at least 4 members (excludes halogenated alkanes) is 13. The van der Waals surface area contributed by atoms with Crippen molar-refractivity contribution in [1.82, 2.24) is 0 Å². The number of aliphatic hydroxyl groups excluding tert-OH is 1. The van der Waals surface area contributed by atoms with Crippen molar-refractivity contribution in [2.75, 3.05) is 39.6 Å². The number of phosphoric ester groups is 2. The van der Waals surface area contributed by atoms with Crippen LogP contribution in [-0.4, -0.2) is 96.7 Å². The van der Waals surface area contributed by atoms with E-state index in [2.05, 4.69) is 222 Å². The molecule has 0 radical (unpaired) electrons. The number of rotatable bonds is 73. The molecule has 0 aliphatic heterocycles. The zero-order valence-electron chi connectivity index (χ0n) is 66.4. The minimum atomic E-state index is -5.01. The first kappa shape index (κ1) is 102. The zero-order valence-corrected chi connectivity index (χ0v) is 68.2. The monoisotopic (exact) mass is 1540 g/mol. The third kappa shape index (κ3) is 77.8. The molecular weight excluding hydrogens is 1400 g/mol. The van der Waals surface area contributed by atoms with E-state index in [4.69, 9.17) is 37.0 Å². The van der Waals surface area contributed by atoms with Crippen LogP contribution < -0.4 is 0 Å². The highest BCUT2D eigenvalue weighted by Crippen LogP contribution is 2.45. The summed E-state index contributed by atoms with van der Waals surface area (Å²) in [6.45, 7) is 4.28. The fourth-order valence-corrected chi connectivity index (χ4v) is 11.3. The molecule has 0 saturated heterocycles. The van der Waals surface area contributed by atoms with Crippen molar-refractivity contribution in [2.45, 2.75) is 290 Å². The van der Waals surface area contributed by atoms with Crippen molar-refractivity contribution >= 4 is 39.5 Å². The summed E-state index contributed by atoms with van der Waals surface area (Å²) in [5, 5.41) is 10.7. The van der Waals surface area contributed by atoms with Crippen molar-refractivity contribution in [3.63, 3.8) is 0 Å².